The van der Waals surface area contributed by atoms with E-state index in [1.54, 1.807) is 0 Å². The topological polar surface area (TPSA) is 55.7 Å². The monoisotopic (exact) mass is 947 g/mol. The third-order valence-corrected chi connectivity index (χ3v) is 18.6. The lowest BCUT2D eigenvalue weighted by atomic mass is 9.42. The van der Waals surface area contributed by atoms with Crippen LogP contribution in [-0.4, -0.2) is 28.3 Å². The highest BCUT2D eigenvalue weighted by Gasteiger charge is 2.58. The molecule has 10 aromatic carbocycles. The number of nitrogens with zero attached hydrogens (tertiary/aromatic N) is 3. The van der Waals surface area contributed by atoms with Crippen molar-refractivity contribution in [2.75, 3.05) is 13.3 Å². The minimum atomic E-state index is -2.60. The number of rotatable bonds is 8. The second kappa shape index (κ2) is 16.8. The van der Waals surface area contributed by atoms with Gasteiger partial charge in [0, 0.05) is 27.4 Å². The molecule has 348 valence electrons. The molecule has 5 heteroatoms. The first kappa shape index (κ1) is 43.3. The average molecular weight is 948 g/mol. The van der Waals surface area contributed by atoms with E-state index in [1.165, 1.54) is 76.3 Å². The van der Waals surface area contributed by atoms with Crippen LogP contribution in [0.4, 0.5) is 0 Å². The third kappa shape index (κ3) is 6.79. The highest BCUT2D eigenvalue weighted by molar-refractivity contribution is 7.71. The zero-order chi connectivity index (χ0) is 48.1. The molecule has 4 aliphatic rings. The summed E-state index contributed by atoms with van der Waals surface area (Å²) in [5, 5.41) is 10.0. The number of hydrogen-bond donors (Lipinski definition) is 0. The maximum absolute atomic E-state index is 14.0. The fourth-order valence-corrected chi connectivity index (χ4v) is 16.0. The Kier molecular flexibility index (Phi) is 10.1. The largest absolute Gasteiger partial charge is 0.319 e. The van der Waals surface area contributed by atoms with E-state index in [4.69, 9.17) is 15.0 Å². The molecular formula is C67H54N3OP. The number of fused-ring (bicyclic) bond motifs is 4. The molecule has 0 amide bonds. The van der Waals surface area contributed by atoms with E-state index in [-0.39, 0.29) is 5.41 Å². The second-order valence-electron chi connectivity index (χ2n) is 21.4. The van der Waals surface area contributed by atoms with E-state index in [9.17, 15) is 4.57 Å². The molecule has 4 nitrogen and oxygen atoms in total. The van der Waals surface area contributed by atoms with Crippen LogP contribution in [-0.2, 0) is 9.98 Å². The molecule has 0 N–H and O–H groups in total. The number of hydrogen-bond acceptors (Lipinski definition) is 4. The lowest BCUT2D eigenvalue weighted by molar-refractivity contribution is -0.0418. The molecule has 0 atom stereocenters. The van der Waals surface area contributed by atoms with Gasteiger partial charge in [0.15, 0.2) is 17.5 Å². The summed E-state index contributed by atoms with van der Waals surface area (Å²) in [6.45, 7) is 3.82. The summed E-state index contributed by atoms with van der Waals surface area (Å²) in [5.74, 6) is 4.77. The Morgan fingerprint density at radius 2 is 0.667 bits per heavy atom. The Bertz CT molecular complexity index is 3830. The predicted octanol–water partition coefficient (Wildman–Crippen LogP) is 16.8. The van der Waals surface area contributed by atoms with Crippen LogP contribution in [0.2, 0.25) is 0 Å². The summed E-state index contributed by atoms with van der Waals surface area (Å²) >= 11 is 0. The predicted molar refractivity (Wildman–Crippen MR) is 300 cm³/mol. The molecule has 72 heavy (non-hydrogen) atoms. The van der Waals surface area contributed by atoms with Crippen molar-refractivity contribution < 1.29 is 4.57 Å². The van der Waals surface area contributed by atoms with Crippen molar-refractivity contribution in [2.24, 2.45) is 23.7 Å². The summed E-state index contributed by atoms with van der Waals surface area (Å²) in [6.07, 6.45) is 6.52. The molecule has 4 aliphatic carbocycles. The fraction of sp³-hybridized carbons (Fsp3) is 0.179. The van der Waals surface area contributed by atoms with Gasteiger partial charge in [-0.3, -0.25) is 0 Å². The molecule has 1 heterocycles. The molecule has 0 spiro atoms. The summed E-state index contributed by atoms with van der Waals surface area (Å²) in [6, 6.07) is 74.8. The van der Waals surface area contributed by atoms with Crippen LogP contribution in [0.1, 0.15) is 43.2 Å². The van der Waals surface area contributed by atoms with Crippen LogP contribution in [0, 0.1) is 23.7 Å². The van der Waals surface area contributed by atoms with Crippen molar-refractivity contribution in [1.82, 2.24) is 15.0 Å². The van der Waals surface area contributed by atoms with Crippen LogP contribution in [0.3, 0.4) is 0 Å². The van der Waals surface area contributed by atoms with Crippen molar-refractivity contribution in [1.29, 1.82) is 0 Å². The zero-order valence-electron chi connectivity index (χ0n) is 40.7. The van der Waals surface area contributed by atoms with Crippen molar-refractivity contribution in [3.63, 3.8) is 0 Å². The van der Waals surface area contributed by atoms with Crippen LogP contribution in [0.5, 0.6) is 0 Å². The fourth-order valence-electron chi connectivity index (χ4n) is 14.5. The molecule has 0 saturated heterocycles. The van der Waals surface area contributed by atoms with E-state index in [1.807, 2.05) is 19.4 Å². The summed E-state index contributed by atoms with van der Waals surface area (Å²) in [5.41, 5.74) is 10.5. The molecular weight excluding hydrogens is 894 g/mol. The molecule has 15 rings (SSSR count). The normalized spacial score (nSPS) is 20.5. The van der Waals surface area contributed by atoms with Crippen molar-refractivity contribution in [3.05, 3.63) is 217 Å². The van der Waals surface area contributed by atoms with Gasteiger partial charge >= 0.3 is 0 Å². The molecule has 4 fully saturated rings. The van der Waals surface area contributed by atoms with Gasteiger partial charge in [0.1, 0.15) is 7.14 Å². The summed E-state index contributed by atoms with van der Waals surface area (Å²) < 4.78 is 14.0. The Hall–Kier alpha value is -7.52. The SMILES string of the molecule is CP(C)(=O)c1c2ccccc2c(-c2ccc(C3(c4ccc(-c5nc(-c6ccccc6)nc(-c6c7ccccc7c(-c7ccccc7)c7ccccc67)n5)cc4)C4CC5CC(C4)CC3C5)cc2)c2ccccc12. The minimum Gasteiger partial charge on any atom is -0.319 e. The maximum atomic E-state index is 14.0. The molecule has 4 saturated carbocycles. The molecule has 0 aliphatic heterocycles. The van der Waals surface area contributed by atoms with Gasteiger partial charge in [-0.2, -0.15) is 0 Å². The van der Waals surface area contributed by atoms with Crippen LogP contribution in [0.25, 0.3) is 99.5 Å². The van der Waals surface area contributed by atoms with E-state index in [0.717, 1.165) is 66.1 Å². The molecule has 4 bridgehead atoms. The Labute approximate surface area is 421 Å². The van der Waals surface area contributed by atoms with Gasteiger partial charge in [0.25, 0.3) is 0 Å². The van der Waals surface area contributed by atoms with Crippen LogP contribution < -0.4 is 5.30 Å². The van der Waals surface area contributed by atoms with E-state index in [2.05, 4.69) is 200 Å². The van der Waals surface area contributed by atoms with E-state index >= 15 is 0 Å². The first-order valence-corrected chi connectivity index (χ1v) is 28.4. The van der Waals surface area contributed by atoms with Gasteiger partial charge in [0.2, 0.25) is 0 Å². The quantitative estimate of drug-likeness (QED) is 0.112. The smallest absolute Gasteiger partial charge is 0.165 e. The van der Waals surface area contributed by atoms with Gasteiger partial charge in [-0.15, -0.1) is 0 Å². The Balaban J connectivity index is 0.918. The van der Waals surface area contributed by atoms with E-state index in [0.29, 0.717) is 29.3 Å². The van der Waals surface area contributed by atoms with Crippen molar-refractivity contribution in [2.45, 2.75) is 37.5 Å². The minimum absolute atomic E-state index is 0.104. The Morgan fingerprint density at radius 3 is 1.10 bits per heavy atom. The van der Waals surface area contributed by atoms with Gasteiger partial charge < -0.3 is 4.57 Å². The van der Waals surface area contributed by atoms with Gasteiger partial charge in [-0.1, -0.05) is 206 Å². The van der Waals surface area contributed by atoms with Gasteiger partial charge in [-0.05, 0) is 146 Å². The lowest BCUT2D eigenvalue weighted by Gasteiger charge is -2.62. The summed E-state index contributed by atoms with van der Waals surface area (Å²) in [7, 11) is -2.60. The molecule has 0 radical (unpaired) electrons. The zero-order valence-corrected chi connectivity index (χ0v) is 41.6. The molecule has 1 aromatic heterocycles. The van der Waals surface area contributed by atoms with Crippen molar-refractivity contribution >= 4 is 55.5 Å². The first-order valence-electron chi connectivity index (χ1n) is 25.8. The van der Waals surface area contributed by atoms with E-state index < -0.39 is 7.14 Å². The third-order valence-electron chi connectivity index (χ3n) is 17.0. The van der Waals surface area contributed by atoms with Gasteiger partial charge in [0.05, 0.1) is 0 Å². The van der Waals surface area contributed by atoms with Crippen LogP contribution in [0.15, 0.2) is 206 Å². The van der Waals surface area contributed by atoms with Gasteiger partial charge in [-0.25, -0.2) is 15.0 Å². The molecule has 11 aromatic rings. The standard InChI is InChI=1S/C67H54N3OP/c1-72(2,71)63-58-27-15-13-25-56(58)61(57-26-14-16-28-59(57)63)45-29-33-48(34-30-45)67(50-38-42-37-43(40-50)41-51(67)39-42)49-35-31-47(32-36-49)65-68-64(46-19-7-4-8-20-46)69-66(70-65)62-54-23-11-9-21-52(54)60(44-17-5-3-6-18-44)53-22-10-12-24-55(53)62/h3-36,42-43,50-51H,37-41H2,1-2H3. The lowest BCUT2D eigenvalue weighted by Crippen LogP contribution is -2.56. The van der Waals surface area contributed by atoms with Crippen molar-refractivity contribution in [3.8, 4) is 56.4 Å². The average Bonchev–Trinajstić information content (AvgIpc) is 3.42. The first-order chi connectivity index (χ1) is 35.3. The highest BCUT2D eigenvalue weighted by Crippen LogP contribution is 2.65. The molecule has 0 unspecified atom stereocenters. The maximum Gasteiger partial charge on any atom is 0.165 e. The summed E-state index contributed by atoms with van der Waals surface area (Å²) in [4.78, 5) is 16.1. The second-order valence-corrected chi connectivity index (χ2v) is 24.5. The Morgan fingerprint density at radius 1 is 0.347 bits per heavy atom. The number of benzene rings is 10. The van der Waals surface area contributed by atoms with Crippen LogP contribution >= 0.6 is 7.14 Å². The highest BCUT2D eigenvalue weighted by atomic mass is 31.2. The number of aromatic nitrogens is 3.